The minimum absolute atomic E-state index is 0.105. The largest absolute Gasteiger partial charge is 0.497 e. The van der Waals surface area contributed by atoms with Gasteiger partial charge >= 0.3 is 0 Å². The van der Waals surface area contributed by atoms with E-state index in [2.05, 4.69) is 26.0 Å². The van der Waals surface area contributed by atoms with Crippen LogP contribution < -0.4 is 9.47 Å². The van der Waals surface area contributed by atoms with Crippen LogP contribution in [0.15, 0.2) is 18.2 Å². The monoisotopic (exact) mass is 270 g/mol. The normalized spacial score (nSPS) is 11.4. The molecule has 0 aliphatic heterocycles. The Morgan fingerprint density at radius 2 is 1.56 bits per heavy atom. The zero-order valence-corrected chi connectivity index (χ0v) is 12.5. The summed E-state index contributed by atoms with van der Waals surface area (Å²) in [5, 5.41) is 0. The Morgan fingerprint density at radius 1 is 1.00 bits per heavy atom. The fourth-order valence-electron chi connectivity index (χ4n) is 2.00. The van der Waals surface area contributed by atoms with Gasteiger partial charge in [0.15, 0.2) is 0 Å². The highest BCUT2D eigenvalue weighted by Crippen LogP contribution is 2.34. The van der Waals surface area contributed by atoms with E-state index in [0.29, 0.717) is 0 Å². The predicted octanol–water partition coefficient (Wildman–Crippen LogP) is 4.39. The molecule has 0 bridgehead atoms. The molecule has 0 spiro atoms. The zero-order chi connectivity index (χ0) is 13.6. The van der Waals surface area contributed by atoms with Gasteiger partial charge in [-0.1, -0.05) is 20.3 Å². The summed E-state index contributed by atoms with van der Waals surface area (Å²) in [7, 11) is 3.36. The Labute approximate surface area is 115 Å². The van der Waals surface area contributed by atoms with Gasteiger partial charge in [0.2, 0.25) is 0 Å². The average Bonchev–Trinajstić information content (AvgIpc) is 2.38. The second kappa shape index (κ2) is 6.89. The summed E-state index contributed by atoms with van der Waals surface area (Å²) in [5.41, 5.74) is 1.35. The molecule has 0 N–H and O–H groups in total. The number of halogens is 1. The predicted molar refractivity (Wildman–Crippen MR) is 77.1 cm³/mol. The number of methoxy groups -OCH3 is 2. The number of alkyl halides is 1. The van der Waals surface area contributed by atoms with E-state index in [9.17, 15) is 0 Å². The maximum Gasteiger partial charge on any atom is 0.122 e. The minimum atomic E-state index is 0.105. The van der Waals surface area contributed by atoms with Crippen LogP contribution in [0.2, 0.25) is 0 Å². The number of benzene rings is 1. The van der Waals surface area contributed by atoms with E-state index in [-0.39, 0.29) is 5.41 Å². The van der Waals surface area contributed by atoms with Gasteiger partial charge in [-0.15, -0.1) is 11.6 Å². The Kier molecular flexibility index (Phi) is 5.80. The van der Waals surface area contributed by atoms with Gasteiger partial charge in [0.05, 0.1) is 14.2 Å². The standard InChI is InChI=1S/C15H23ClO2/c1-15(2,7-5-6-8-16)12-9-13(17-3)11-14(10-12)18-4/h9-11H,5-8H2,1-4H3. The van der Waals surface area contributed by atoms with Crippen molar-refractivity contribution < 1.29 is 9.47 Å². The molecule has 0 saturated carbocycles. The highest BCUT2D eigenvalue weighted by Gasteiger charge is 2.21. The number of hydrogen-bond acceptors (Lipinski definition) is 2. The summed E-state index contributed by atoms with van der Waals surface area (Å²) in [6.45, 7) is 4.49. The molecule has 0 aliphatic carbocycles. The van der Waals surface area contributed by atoms with E-state index >= 15 is 0 Å². The summed E-state index contributed by atoms with van der Waals surface area (Å²) < 4.78 is 10.6. The number of rotatable bonds is 7. The molecule has 0 atom stereocenters. The van der Waals surface area contributed by atoms with Crippen molar-refractivity contribution >= 4 is 11.6 Å². The van der Waals surface area contributed by atoms with E-state index in [4.69, 9.17) is 21.1 Å². The van der Waals surface area contributed by atoms with Crippen molar-refractivity contribution in [3.05, 3.63) is 23.8 Å². The van der Waals surface area contributed by atoms with Gasteiger partial charge < -0.3 is 9.47 Å². The van der Waals surface area contributed by atoms with E-state index in [0.717, 1.165) is 36.6 Å². The first-order chi connectivity index (χ1) is 8.53. The molecule has 0 heterocycles. The van der Waals surface area contributed by atoms with Crippen LogP contribution in [0, 0.1) is 0 Å². The van der Waals surface area contributed by atoms with E-state index in [1.807, 2.05) is 6.07 Å². The lowest BCUT2D eigenvalue weighted by Gasteiger charge is -2.26. The second-order valence-electron chi connectivity index (χ2n) is 5.13. The smallest absolute Gasteiger partial charge is 0.122 e. The molecule has 1 aromatic rings. The topological polar surface area (TPSA) is 18.5 Å². The average molecular weight is 271 g/mol. The third kappa shape index (κ3) is 4.09. The van der Waals surface area contributed by atoms with Gasteiger partial charge in [-0.05, 0) is 36.0 Å². The highest BCUT2D eigenvalue weighted by molar-refractivity contribution is 6.17. The van der Waals surface area contributed by atoms with Crippen LogP contribution in [0.5, 0.6) is 11.5 Å². The van der Waals surface area contributed by atoms with E-state index in [1.165, 1.54) is 5.56 Å². The maximum atomic E-state index is 5.73. The van der Waals surface area contributed by atoms with Crippen LogP contribution in [0.4, 0.5) is 0 Å². The van der Waals surface area contributed by atoms with E-state index < -0.39 is 0 Å². The molecule has 3 heteroatoms. The molecular weight excluding hydrogens is 248 g/mol. The van der Waals surface area contributed by atoms with Gasteiger partial charge in [-0.2, -0.15) is 0 Å². The third-order valence-corrected chi connectivity index (χ3v) is 3.59. The first-order valence-electron chi connectivity index (χ1n) is 6.33. The molecule has 0 aromatic heterocycles. The fraction of sp³-hybridized carbons (Fsp3) is 0.600. The van der Waals surface area contributed by atoms with Crippen LogP contribution in [-0.2, 0) is 5.41 Å². The lowest BCUT2D eigenvalue weighted by atomic mass is 9.80. The van der Waals surface area contributed by atoms with Gasteiger partial charge in [0.25, 0.3) is 0 Å². The summed E-state index contributed by atoms with van der Waals surface area (Å²) in [4.78, 5) is 0. The first kappa shape index (κ1) is 15.2. The molecule has 0 aliphatic rings. The van der Waals surface area contributed by atoms with Crippen LogP contribution in [0.1, 0.15) is 38.7 Å². The van der Waals surface area contributed by atoms with E-state index in [1.54, 1.807) is 14.2 Å². The first-order valence-corrected chi connectivity index (χ1v) is 6.86. The summed E-state index contributed by atoms with van der Waals surface area (Å²) >= 11 is 5.73. The van der Waals surface area contributed by atoms with Crippen LogP contribution in [-0.4, -0.2) is 20.1 Å². The summed E-state index contributed by atoms with van der Waals surface area (Å²) in [6, 6.07) is 6.07. The fourth-order valence-corrected chi connectivity index (χ4v) is 2.19. The van der Waals surface area contributed by atoms with Crippen molar-refractivity contribution in [2.24, 2.45) is 0 Å². The second-order valence-corrected chi connectivity index (χ2v) is 5.51. The molecule has 0 saturated heterocycles. The Hall–Kier alpha value is -0.890. The van der Waals surface area contributed by atoms with Crippen molar-refractivity contribution in [2.45, 2.75) is 38.5 Å². The highest BCUT2D eigenvalue weighted by atomic mass is 35.5. The van der Waals surface area contributed by atoms with Crippen molar-refractivity contribution in [3.63, 3.8) is 0 Å². The summed E-state index contributed by atoms with van der Waals surface area (Å²) in [5.74, 6) is 2.42. The number of unbranched alkanes of at least 4 members (excludes halogenated alkanes) is 1. The van der Waals surface area contributed by atoms with Gasteiger partial charge in [-0.25, -0.2) is 0 Å². The quantitative estimate of drug-likeness (QED) is 0.540. The van der Waals surface area contributed by atoms with Crippen molar-refractivity contribution in [2.75, 3.05) is 20.1 Å². The molecular formula is C15H23ClO2. The van der Waals surface area contributed by atoms with Gasteiger partial charge in [-0.3, -0.25) is 0 Å². The lowest BCUT2D eigenvalue weighted by Crippen LogP contribution is -2.17. The zero-order valence-electron chi connectivity index (χ0n) is 11.8. The van der Waals surface area contributed by atoms with Crippen molar-refractivity contribution in [1.82, 2.24) is 0 Å². The van der Waals surface area contributed by atoms with Gasteiger partial charge in [0.1, 0.15) is 11.5 Å². The molecule has 0 radical (unpaired) electrons. The molecule has 1 aromatic carbocycles. The SMILES string of the molecule is COc1cc(OC)cc(C(C)(C)CCCCCl)c1. The maximum absolute atomic E-state index is 5.73. The van der Waals surface area contributed by atoms with Crippen molar-refractivity contribution in [3.8, 4) is 11.5 Å². The molecule has 102 valence electrons. The molecule has 2 nitrogen and oxygen atoms in total. The summed E-state index contributed by atoms with van der Waals surface area (Å²) in [6.07, 6.45) is 3.30. The molecule has 18 heavy (non-hydrogen) atoms. The minimum Gasteiger partial charge on any atom is -0.497 e. The van der Waals surface area contributed by atoms with Crippen LogP contribution in [0.3, 0.4) is 0 Å². The Balaban J connectivity index is 2.91. The Bertz CT molecular complexity index is 353. The van der Waals surface area contributed by atoms with Crippen molar-refractivity contribution in [1.29, 1.82) is 0 Å². The molecule has 1 rings (SSSR count). The Morgan fingerprint density at radius 3 is 2.00 bits per heavy atom. The van der Waals surface area contributed by atoms with Crippen LogP contribution in [0.25, 0.3) is 0 Å². The lowest BCUT2D eigenvalue weighted by molar-refractivity contribution is 0.387. The molecule has 0 fully saturated rings. The van der Waals surface area contributed by atoms with Gasteiger partial charge in [0, 0.05) is 11.9 Å². The molecule has 0 unspecified atom stereocenters. The molecule has 0 amide bonds. The van der Waals surface area contributed by atoms with Crippen LogP contribution >= 0.6 is 11.6 Å². The number of ether oxygens (including phenoxy) is 2. The third-order valence-electron chi connectivity index (χ3n) is 3.32. The number of hydrogen-bond donors (Lipinski definition) is 0.